The lowest BCUT2D eigenvalue weighted by atomic mass is 9.98. The van der Waals surface area contributed by atoms with Crippen molar-refractivity contribution in [2.45, 2.75) is 39.7 Å². The third-order valence-corrected chi connectivity index (χ3v) is 4.35. The molecule has 21 heavy (non-hydrogen) atoms. The van der Waals surface area contributed by atoms with Gasteiger partial charge in [-0.3, -0.25) is 0 Å². The Bertz CT molecular complexity index is 738. The first-order valence-electron chi connectivity index (χ1n) is 7.69. The van der Waals surface area contributed by atoms with E-state index in [4.69, 9.17) is 0 Å². The second-order valence-electron chi connectivity index (χ2n) is 5.78. The van der Waals surface area contributed by atoms with Crippen LogP contribution < -0.4 is 0 Å². The summed E-state index contributed by atoms with van der Waals surface area (Å²) in [7, 11) is 0. The van der Waals surface area contributed by atoms with E-state index in [2.05, 4.69) is 72.8 Å². The van der Waals surface area contributed by atoms with Crippen LogP contribution >= 0.6 is 0 Å². The molecule has 0 amide bonds. The molecule has 1 atom stereocenters. The van der Waals surface area contributed by atoms with Gasteiger partial charge in [0.25, 0.3) is 0 Å². The summed E-state index contributed by atoms with van der Waals surface area (Å²) in [5.74, 6) is 1.71. The number of imidazole rings is 1. The molecule has 1 aromatic heterocycles. The maximum Gasteiger partial charge on any atom is 0.107 e. The summed E-state index contributed by atoms with van der Waals surface area (Å²) in [4.78, 5) is 4.63. The first kappa shape index (κ1) is 13.9. The van der Waals surface area contributed by atoms with Gasteiger partial charge in [0.15, 0.2) is 0 Å². The Labute approximate surface area is 126 Å². The summed E-state index contributed by atoms with van der Waals surface area (Å²) in [6, 6.07) is 17.3. The second kappa shape index (κ2) is 5.72. The molecule has 0 radical (unpaired) electrons. The first-order valence-corrected chi connectivity index (χ1v) is 7.69. The van der Waals surface area contributed by atoms with E-state index in [0.717, 1.165) is 17.9 Å². The lowest BCUT2D eigenvalue weighted by Crippen LogP contribution is -2.02. The van der Waals surface area contributed by atoms with Gasteiger partial charge in [0.05, 0.1) is 11.0 Å². The number of rotatable bonds is 4. The summed E-state index contributed by atoms with van der Waals surface area (Å²) in [6.45, 7) is 7.47. The molecule has 2 heteroatoms. The molecule has 0 saturated carbocycles. The molecule has 2 aromatic carbocycles. The quantitative estimate of drug-likeness (QED) is 0.663. The Hall–Kier alpha value is -2.09. The van der Waals surface area contributed by atoms with Crippen molar-refractivity contribution in [1.82, 2.24) is 9.55 Å². The highest BCUT2D eigenvalue weighted by atomic mass is 15.1. The van der Waals surface area contributed by atoms with Gasteiger partial charge in [0, 0.05) is 6.54 Å². The molecular weight excluding hydrogens is 256 g/mol. The standard InChI is InChI=1S/C19H22N2/c1-4-14(2)17-11-9-16(10-12-17)13-21-15(3)20-18-7-5-6-8-19(18)21/h5-12,14H,4,13H2,1-3H3. The molecule has 0 saturated heterocycles. The number of nitrogens with zero attached hydrogens (tertiary/aromatic N) is 2. The topological polar surface area (TPSA) is 17.8 Å². The fourth-order valence-electron chi connectivity index (χ4n) is 2.77. The van der Waals surface area contributed by atoms with Crippen LogP contribution in [0.4, 0.5) is 0 Å². The van der Waals surface area contributed by atoms with Crippen LogP contribution in [0.3, 0.4) is 0 Å². The van der Waals surface area contributed by atoms with E-state index in [-0.39, 0.29) is 0 Å². The molecule has 3 aromatic rings. The Kier molecular flexibility index (Phi) is 3.78. The van der Waals surface area contributed by atoms with Crippen LogP contribution in [-0.2, 0) is 6.54 Å². The zero-order valence-electron chi connectivity index (χ0n) is 13.0. The number of benzene rings is 2. The minimum absolute atomic E-state index is 0.634. The van der Waals surface area contributed by atoms with Crippen LogP contribution in [0.25, 0.3) is 11.0 Å². The molecule has 3 rings (SSSR count). The van der Waals surface area contributed by atoms with Gasteiger partial charge < -0.3 is 4.57 Å². The zero-order chi connectivity index (χ0) is 14.8. The molecule has 0 N–H and O–H groups in total. The van der Waals surface area contributed by atoms with E-state index in [1.165, 1.54) is 23.1 Å². The van der Waals surface area contributed by atoms with Crippen molar-refractivity contribution in [1.29, 1.82) is 0 Å². The van der Waals surface area contributed by atoms with Gasteiger partial charge in [-0.15, -0.1) is 0 Å². The highest BCUT2D eigenvalue weighted by Gasteiger charge is 2.08. The summed E-state index contributed by atoms with van der Waals surface area (Å²) in [6.07, 6.45) is 1.19. The number of aromatic nitrogens is 2. The summed E-state index contributed by atoms with van der Waals surface area (Å²) >= 11 is 0. The highest BCUT2D eigenvalue weighted by molar-refractivity contribution is 5.75. The predicted octanol–water partition coefficient (Wildman–Crippen LogP) is 4.91. The highest BCUT2D eigenvalue weighted by Crippen LogP contribution is 2.21. The molecule has 0 aliphatic heterocycles. The molecule has 0 spiro atoms. The number of hydrogen-bond acceptors (Lipinski definition) is 1. The molecule has 2 nitrogen and oxygen atoms in total. The van der Waals surface area contributed by atoms with Gasteiger partial charge >= 0.3 is 0 Å². The maximum atomic E-state index is 4.63. The van der Waals surface area contributed by atoms with Crippen molar-refractivity contribution >= 4 is 11.0 Å². The Balaban J connectivity index is 1.90. The average molecular weight is 278 g/mol. The maximum absolute atomic E-state index is 4.63. The zero-order valence-corrected chi connectivity index (χ0v) is 13.0. The smallest absolute Gasteiger partial charge is 0.107 e. The largest absolute Gasteiger partial charge is 0.324 e. The fraction of sp³-hybridized carbons (Fsp3) is 0.316. The summed E-state index contributed by atoms with van der Waals surface area (Å²) in [5.41, 5.74) is 5.04. The number of fused-ring (bicyclic) bond motifs is 1. The minimum atomic E-state index is 0.634. The SMILES string of the molecule is CCC(C)c1ccc(Cn2c(C)nc3ccccc32)cc1. The van der Waals surface area contributed by atoms with Crippen LogP contribution in [0.2, 0.25) is 0 Å². The van der Waals surface area contributed by atoms with Crippen molar-refractivity contribution in [2.24, 2.45) is 0 Å². The molecule has 0 aliphatic rings. The van der Waals surface area contributed by atoms with Crippen molar-refractivity contribution in [2.75, 3.05) is 0 Å². The van der Waals surface area contributed by atoms with Crippen molar-refractivity contribution < 1.29 is 0 Å². The normalized spacial score (nSPS) is 12.7. The average Bonchev–Trinajstić information content (AvgIpc) is 2.83. The van der Waals surface area contributed by atoms with E-state index in [1.54, 1.807) is 0 Å². The summed E-state index contributed by atoms with van der Waals surface area (Å²) < 4.78 is 2.29. The molecule has 1 unspecified atom stereocenters. The van der Waals surface area contributed by atoms with E-state index >= 15 is 0 Å². The Morgan fingerprint density at radius 1 is 1.05 bits per heavy atom. The Morgan fingerprint density at radius 2 is 1.76 bits per heavy atom. The van der Waals surface area contributed by atoms with Gasteiger partial charge in [-0.05, 0) is 42.5 Å². The van der Waals surface area contributed by atoms with Crippen LogP contribution in [0.15, 0.2) is 48.5 Å². The predicted molar refractivity (Wildman–Crippen MR) is 88.7 cm³/mol. The van der Waals surface area contributed by atoms with Crippen LogP contribution in [0.5, 0.6) is 0 Å². The van der Waals surface area contributed by atoms with Gasteiger partial charge in [0.2, 0.25) is 0 Å². The lowest BCUT2D eigenvalue weighted by Gasteiger charge is -2.11. The summed E-state index contributed by atoms with van der Waals surface area (Å²) in [5, 5.41) is 0. The number of para-hydroxylation sites is 2. The van der Waals surface area contributed by atoms with Gasteiger partial charge in [0.1, 0.15) is 5.82 Å². The van der Waals surface area contributed by atoms with Crippen molar-refractivity contribution in [3.05, 3.63) is 65.5 Å². The molecule has 0 fully saturated rings. The lowest BCUT2D eigenvalue weighted by molar-refractivity contribution is 0.731. The third-order valence-electron chi connectivity index (χ3n) is 4.35. The number of aryl methyl sites for hydroxylation is 1. The van der Waals surface area contributed by atoms with Crippen LogP contribution in [-0.4, -0.2) is 9.55 Å². The van der Waals surface area contributed by atoms with E-state index in [1.807, 2.05) is 6.07 Å². The molecule has 0 bridgehead atoms. The molecular formula is C19H22N2. The monoisotopic (exact) mass is 278 g/mol. The molecule has 1 heterocycles. The van der Waals surface area contributed by atoms with Crippen LogP contribution in [0, 0.1) is 6.92 Å². The first-order chi connectivity index (χ1) is 10.2. The number of hydrogen-bond donors (Lipinski definition) is 0. The van der Waals surface area contributed by atoms with E-state index in [0.29, 0.717) is 5.92 Å². The van der Waals surface area contributed by atoms with Crippen molar-refractivity contribution in [3.63, 3.8) is 0 Å². The Morgan fingerprint density at radius 3 is 2.48 bits per heavy atom. The minimum Gasteiger partial charge on any atom is -0.324 e. The van der Waals surface area contributed by atoms with E-state index in [9.17, 15) is 0 Å². The van der Waals surface area contributed by atoms with Crippen molar-refractivity contribution in [3.8, 4) is 0 Å². The van der Waals surface area contributed by atoms with Gasteiger partial charge in [-0.25, -0.2) is 4.98 Å². The van der Waals surface area contributed by atoms with Gasteiger partial charge in [-0.2, -0.15) is 0 Å². The molecule has 0 aliphatic carbocycles. The molecule has 108 valence electrons. The fourth-order valence-corrected chi connectivity index (χ4v) is 2.77. The van der Waals surface area contributed by atoms with Crippen LogP contribution in [0.1, 0.15) is 43.1 Å². The third kappa shape index (κ3) is 2.71. The van der Waals surface area contributed by atoms with Gasteiger partial charge in [-0.1, -0.05) is 50.2 Å². The van der Waals surface area contributed by atoms with E-state index < -0.39 is 0 Å². The second-order valence-corrected chi connectivity index (χ2v) is 5.78.